The van der Waals surface area contributed by atoms with Crippen molar-refractivity contribution < 1.29 is 17.9 Å². The third-order valence-electron chi connectivity index (χ3n) is 7.43. The minimum absolute atomic E-state index is 0.162. The Balaban J connectivity index is 2.18. The Hall–Kier alpha value is -1.64. The number of benzene rings is 2. The van der Waals surface area contributed by atoms with Gasteiger partial charge in [-0.1, -0.05) is 57.7 Å². The summed E-state index contributed by atoms with van der Waals surface area (Å²) in [6.07, 6.45) is 7.92. The number of carbonyl (C=O) groups excluding carboxylic acids is 1. The highest BCUT2D eigenvalue weighted by molar-refractivity contribution is 8.01. The maximum absolute atomic E-state index is 14.2. The third kappa shape index (κ3) is 7.11. The molecule has 0 N–H and O–H groups in total. The molecule has 38 heavy (non-hydrogen) atoms. The molecule has 0 atom stereocenters. The van der Waals surface area contributed by atoms with Crippen molar-refractivity contribution in [3.63, 3.8) is 0 Å². The molecule has 1 heterocycles. The number of nitrogens with zero attached hydrogens (tertiary/aromatic N) is 1. The molecule has 8 heteroatoms. The van der Waals surface area contributed by atoms with E-state index in [2.05, 4.69) is 36.9 Å². The van der Waals surface area contributed by atoms with Gasteiger partial charge in [-0.25, -0.2) is 8.42 Å². The molecule has 0 radical (unpaired) electrons. The number of unbranched alkanes of at least 4 members (excludes halogenated alkanes) is 2. The molecule has 0 unspecified atom stereocenters. The first kappa shape index (κ1) is 30.9. The quantitative estimate of drug-likeness (QED) is 0.188. The maximum atomic E-state index is 14.2. The normalized spacial score (nSPS) is 16.5. The number of para-hydroxylation sites is 1. The lowest BCUT2D eigenvalue weighted by Gasteiger charge is -2.37. The van der Waals surface area contributed by atoms with E-state index in [1.54, 1.807) is 11.8 Å². The largest absolute Gasteiger partial charge is 0.468 e. The van der Waals surface area contributed by atoms with Crippen molar-refractivity contribution in [2.75, 3.05) is 30.6 Å². The summed E-state index contributed by atoms with van der Waals surface area (Å²) in [5.41, 5.74) is 2.39. The van der Waals surface area contributed by atoms with Crippen molar-refractivity contribution in [2.24, 2.45) is 5.41 Å². The van der Waals surface area contributed by atoms with Crippen molar-refractivity contribution in [1.29, 1.82) is 0 Å². The van der Waals surface area contributed by atoms with Crippen molar-refractivity contribution in [1.82, 2.24) is 0 Å². The maximum Gasteiger partial charge on any atom is 0.321 e. The number of thioether (sulfide) groups is 2. The summed E-state index contributed by atoms with van der Waals surface area (Å²) in [6, 6.07) is 14.1. The second-order valence-electron chi connectivity index (χ2n) is 10.8. The lowest BCUT2D eigenvalue weighted by Crippen LogP contribution is -2.38. The van der Waals surface area contributed by atoms with Crippen LogP contribution in [0.15, 0.2) is 52.3 Å². The van der Waals surface area contributed by atoms with Gasteiger partial charge in [-0.2, -0.15) is 0 Å². The van der Waals surface area contributed by atoms with Gasteiger partial charge in [0, 0.05) is 28.3 Å². The Morgan fingerprint density at radius 2 is 1.71 bits per heavy atom. The van der Waals surface area contributed by atoms with E-state index in [0.29, 0.717) is 17.2 Å². The number of esters is 1. The molecule has 0 bridgehead atoms. The van der Waals surface area contributed by atoms with E-state index in [-0.39, 0.29) is 17.1 Å². The predicted molar refractivity (Wildman–Crippen MR) is 163 cm³/mol. The minimum Gasteiger partial charge on any atom is -0.468 e. The second-order valence-corrected chi connectivity index (χ2v) is 15.2. The average Bonchev–Trinajstić information content (AvgIpc) is 3.00. The van der Waals surface area contributed by atoms with E-state index in [4.69, 9.17) is 4.74 Å². The second kappa shape index (κ2) is 13.1. The highest BCUT2D eigenvalue weighted by Crippen LogP contribution is 2.47. The summed E-state index contributed by atoms with van der Waals surface area (Å²) in [4.78, 5) is 16.0. The summed E-state index contributed by atoms with van der Waals surface area (Å²) in [6.45, 7) is 8.71. The predicted octanol–water partition coefficient (Wildman–Crippen LogP) is 7.89. The van der Waals surface area contributed by atoms with Crippen LogP contribution in [0.5, 0.6) is 0 Å². The Bertz CT molecular complexity index is 1190. The van der Waals surface area contributed by atoms with Crippen LogP contribution in [0.25, 0.3) is 0 Å². The van der Waals surface area contributed by atoms with Crippen molar-refractivity contribution in [2.45, 2.75) is 86.5 Å². The highest BCUT2D eigenvalue weighted by atomic mass is 32.2. The first-order valence-electron chi connectivity index (χ1n) is 13.5. The molecule has 0 saturated carbocycles. The van der Waals surface area contributed by atoms with Crippen LogP contribution < -0.4 is 4.90 Å². The minimum atomic E-state index is -3.56. The van der Waals surface area contributed by atoms with Gasteiger partial charge in [0.25, 0.3) is 0 Å². The Morgan fingerprint density at radius 1 is 1.08 bits per heavy atom. The monoisotopic (exact) mass is 577 g/mol. The lowest BCUT2D eigenvalue weighted by atomic mass is 9.79. The molecule has 1 aliphatic rings. The number of sulfone groups is 1. The molecule has 0 aliphatic carbocycles. The highest BCUT2D eigenvalue weighted by Gasteiger charge is 2.42. The van der Waals surface area contributed by atoms with Crippen molar-refractivity contribution >= 4 is 50.7 Å². The number of anilines is 2. The lowest BCUT2D eigenvalue weighted by molar-refractivity contribution is -0.142. The van der Waals surface area contributed by atoms with E-state index in [0.717, 1.165) is 60.4 Å². The van der Waals surface area contributed by atoms with Crippen LogP contribution in [0.4, 0.5) is 11.4 Å². The van der Waals surface area contributed by atoms with Gasteiger partial charge in [0.15, 0.2) is 9.84 Å². The van der Waals surface area contributed by atoms with Gasteiger partial charge in [0.2, 0.25) is 0 Å². The van der Waals surface area contributed by atoms with E-state index in [9.17, 15) is 13.2 Å². The Kier molecular flexibility index (Phi) is 10.7. The first-order valence-corrected chi connectivity index (χ1v) is 17.4. The smallest absolute Gasteiger partial charge is 0.321 e. The molecule has 2 aromatic rings. The van der Waals surface area contributed by atoms with Crippen LogP contribution in [0.1, 0.15) is 71.8 Å². The Morgan fingerprint density at radius 3 is 2.26 bits per heavy atom. The molecule has 5 nitrogen and oxygen atoms in total. The van der Waals surface area contributed by atoms with Crippen molar-refractivity contribution in [3.05, 3.63) is 48.0 Å². The van der Waals surface area contributed by atoms with Crippen LogP contribution in [0.3, 0.4) is 0 Å². The molecule has 0 amide bonds. The summed E-state index contributed by atoms with van der Waals surface area (Å²) in [7, 11) is -2.16. The molecule has 0 spiro atoms. The van der Waals surface area contributed by atoms with Crippen LogP contribution in [-0.2, 0) is 25.1 Å². The molecule has 2 aromatic carbocycles. The molecule has 1 aliphatic heterocycles. The van der Waals surface area contributed by atoms with Gasteiger partial charge in [-0.15, -0.1) is 23.5 Å². The van der Waals surface area contributed by atoms with Crippen LogP contribution in [-0.4, -0.2) is 44.8 Å². The number of hydrogen-bond acceptors (Lipinski definition) is 7. The Labute approximate surface area is 238 Å². The van der Waals surface area contributed by atoms with Gasteiger partial charge in [0.1, 0.15) is 4.75 Å². The molecule has 3 rings (SSSR count). The van der Waals surface area contributed by atoms with E-state index >= 15 is 0 Å². The number of methoxy groups -OCH3 is 1. The molecular weight excluding hydrogens is 535 g/mol. The van der Waals surface area contributed by atoms with E-state index in [1.165, 1.54) is 18.9 Å². The number of carbonyl (C=O) groups is 1. The average molecular weight is 578 g/mol. The van der Waals surface area contributed by atoms with Crippen LogP contribution in [0.2, 0.25) is 0 Å². The van der Waals surface area contributed by atoms with Gasteiger partial charge in [-0.05, 0) is 62.8 Å². The van der Waals surface area contributed by atoms with E-state index < -0.39 is 14.6 Å². The number of rotatable bonds is 12. The molecule has 0 fully saturated rings. The van der Waals surface area contributed by atoms with Crippen LogP contribution in [0, 0.1) is 5.41 Å². The van der Waals surface area contributed by atoms with Gasteiger partial charge < -0.3 is 9.64 Å². The number of ether oxygens (including phenoxy) is 1. The van der Waals surface area contributed by atoms with Gasteiger partial charge in [-0.3, -0.25) is 4.79 Å². The molecule has 210 valence electrons. The number of hydrogen-bond donors (Lipinski definition) is 0. The summed E-state index contributed by atoms with van der Waals surface area (Å²) >= 11 is 3.09. The van der Waals surface area contributed by atoms with E-state index in [1.807, 2.05) is 44.4 Å². The fourth-order valence-corrected chi connectivity index (χ4v) is 9.06. The third-order valence-corrected chi connectivity index (χ3v) is 11.6. The summed E-state index contributed by atoms with van der Waals surface area (Å²) < 4.78 is 32.7. The van der Waals surface area contributed by atoms with Gasteiger partial charge in [0.05, 0.1) is 23.4 Å². The zero-order valence-electron chi connectivity index (χ0n) is 23.7. The zero-order valence-corrected chi connectivity index (χ0v) is 26.2. The molecule has 0 aromatic heterocycles. The zero-order chi connectivity index (χ0) is 28.0. The van der Waals surface area contributed by atoms with Crippen molar-refractivity contribution in [3.8, 4) is 0 Å². The SMILES string of the molecule is CCCCC1(CCCC)CN(c2ccccc2)c2cc(SC)c(CSC(C)(C)C(=O)OC)cc2S(=O)(=O)C1. The summed E-state index contributed by atoms with van der Waals surface area (Å²) in [5.74, 6) is 0.390. The standard InChI is InChI=1S/C30H43NO4S3/c1-7-9-16-30(17-10-8-2)21-31(24-14-12-11-13-15-24)25-19-26(36-6)23(18-27(25)38(33,34)22-30)20-37-29(3,4)28(32)35-5/h11-15,18-19H,7-10,16-17,20-22H2,1-6H3. The topological polar surface area (TPSA) is 63.7 Å². The molecular formula is C30H43NO4S3. The first-order chi connectivity index (χ1) is 18.0. The van der Waals surface area contributed by atoms with Gasteiger partial charge >= 0.3 is 5.97 Å². The number of fused-ring (bicyclic) bond motifs is 1. The fourth-order valence-electron chi connectivity index (χ4n) is 5.23. The molecule has 0 saturated heterocycles. The summed E-state index contributed by atoms with van der Waals surface area (Å²) in [5, 5.41) is 0. The fraction of sp³-hybridized carbons (Fsp3) is 0.567. The van der Waals surface area contributed by atoms with Crippen LogP contribution >= 0.6 is 23.5 Å².